The molecule has 1 aromatic heterocycles. The van der Waals surface area contributed by atoms with Gasteiger partial charge in [0.1, 0.15) is 16.6 Å². The number of nitrogens with one attached hydrogen (secondary N) is 1. The van der Waals surface area contributed by atoms with E-state index in [9.17, 15) is 9.18 Å². The van der Waals surface area contributed by atoms with Crippen molar-refractivity contribution in [3.63, 3.8) is 0 Å². The number of rotatable bonds is 4. The van der Waals surface area contributed by atoms with Gasteiger partial charge in [-0.05, 0) is 30.3 Å². The molecular formula is C20H17FN2O2S. The summed E-state index contributed by atoms with van der Waals surface area (Å²) in [6.07, 6.45) is 0.970. The lowest BCUT2D eigenvalue weighted by Gasteiger charge is -2.26. The molecule has 0 bridgehead atoms. The number of halogens is 1. The van der Waals surface area contributed by atoms with Crippen molar-refractivity contribution in [2.24, 2.45) is 0 Å². The average molecular weight is 368 g/mol. The molecule has 0 saturated carbocycles. The molecule has 6 heteroatoms. The van der Waals surface area contributed by atoms with Gasteiger partial charge in [-0.2, -0.15) is 0 Å². The Kier molecular flexibility index (Phi) is 4.67. The molecule has 0 saturated heterocycles. The monoisotopic (exact) mass is 368 g/mol. The molecule has 26 heavy (non-hydrogen) atoms. The minimum atomic E-state index is -0.276. The van der Waals surface area contributed by atoms with Gasteiger partial charge in [-0.25, -0.2) is 9.37 Å². The van der Waals surface area contributed by atoms with E-state index in [1.807, 2.05) is 29.6 Å². The summed E-state index contributed by atoms with van der Waals surface area (Å²) < 4.78 is 18.7. The van der Waals surface area contributed by atoms with E-state index in [0.717, 1.165) is 28.3 Å². The maximum absolute atomic E-state index is 13.0. The summed E-state index contributed by atoms with van der Waals surface area (Å²) in [7, 11) is 0. The second-order valence-electron chi connectivity index (χ2n) is 6.12. The van der Waals surface area contributed by atoms with Crippen LogP contribution >= 0.6 is 11.3 Å². The molecule has 0 radical (unpaired) electrons. The Morgan fingerprint density at radius 2 is 2.04 bits per heavy atom. The Morgan fingerprint density at radius 3 is 2.88 bits per heavy atom. The quantitative estimate of drug-likeness (QED) is 0.753. The van der Waals surface area contributed by atoms with Gasteiger partial charge in [-0.1, -0.05) is 18.2 Å². The van der Waals surface area contributed by atoms with Gasteiger partial charge < -0.3 is 10.1 Å². The molecule has 2 aromatic carbocycles. The van der Waals surface area contributed by atoms with Crippen molar-refractivity contribution in [2.75, 3.05) is 6.61 Å². The molecule has 1 amide bonds. The first-order valence-corrected chi connectivity index (χ1v) is 9.28. The molecule has 1 N–H and O–H groups in total. The maximum Gasteiger partial charge on any atom is 0.226 e. The Hall–Kier alpha value is -2.73. The molecule has 1 atom stereocenters. The number of nitrogens with zero attached hydrogens (tertiary/aromatic N) is 1. The van der Waals surface area contributed by atoms with E-state index in [2.05, 4.69) is 10.3 Å². The number of carbonyl (C=O) groups excluding carboxylic acids is 1. The molecule has 0 spiro atoms. The first kappa shape index (κ1) is 16.7. The number of hydrogen-bond acceptors (Lipinski definition) is 4. The Bertz CT molecular complexity index is 924. The molecule has 1 unspecified atom stereocenters. The van der Waals surface area contributed by atoms with Crippen molar-refractivity contribution in [3.05, 3.63) is 71.0 Å². The Labute approximate surface area is 154 Å². The summed E-state index contributed by atoms with van der Waals surface area (Å²) in [6, 6.07) is 13.9. The lowest BCUT2D eigenvalue weighted by atomic mass is 10.0. The highest BCUT2D eigenvalue weighted by Gasteiger charge is 2.22. The molecule has 1 aliphatic heterocycles. The van der Waals surface area contributed by atoms with Crippen LogP contribution in [0.15, 0.2) is 53.9 Å². The van der Waals surface area contributed by atoms with Crippen LogP contribution in [0.5, 0.6) is 5.75 Å². The normalized spacial score (nSPS) is 15.8. The second-order valence-corrected chi connectivity index (χ2v) is 6.98. The minimum Gasteiger partial charge on any atom is -0.493 e. The fraction of sp³-hybridized carbons (Fsp3) is 0.200. The smallest absolute Gasteiger partial charge is 0.226 e. The summed E-state index contributed by atoms with van der Waals surface area (Å²) in [5, 5.41) is 5.73. The topological polar surface area (TPSA) is 51.2 Å². The van der Waals surface area contributed by atoms with Gasteiger partial charge in [-0.15, -0.1) is 11.3 Å². The van der Waals surface area contributed by atoms with Crippen molar-refractivity contribution in [1.29, 1.82) is 0 Å². The largest absolute Gasteiger partial charge is 0.493 e. The van der Waals surface area contributed by atoms with E-state index in [0.29, 0.717) is 12.3 Å². The molecule has 4 nitrogen and oxygen atoms in total. The summed E-state index contributed by atoms with van der Waals surface area (Å²) in [5.74, 6) is 0.487. The van der Waals surface area contributed by atoms with E-state index in [4.69, 9.17) is 4.74 Å². The van der Waals surface area contributed by atoms with Crippen LogP contribution in [-0.2, 0) is 11.2 Å². The zero-order valence-corrected chi connectivity index (χ0v) is 14.8. The third-order valence-corrected chi connectivity index (χ3v) is 5.22. The van der Waals surface area contributed by atoms with E-state index >= 15 is 0 Å². The molecular weight excluding hydrogens is 351 g/mol. The van der Waals surface area contributed by atoms with Gasteiger partial charge in [-0.3, -0.25) is 4.79 Å². The number of aromatic nitrogens is 1. The number of para-hydroxylation sites is 1. The summed E-state index contributed by atoms with van der Waals surface area (Å²) in [4.78, 5) is 16.9. The zero-order chi connectivity index (χ0) is 17.9. The lowest BCUT2D eigenvalue weighted by Crippen LogP contribution is -2.33. The molecule has 2 heterocycles. The van der Waals surface area contributed by atoms with Crippen molar-refractivity contribution in [3.8, 4) is 16.3 Å². The van der Waals surface area contributed by atoms with Crippen molar-refractivity contribution in [1.82, 2.24) is 10.3 Å². The van der Waals surface area contributed by atoms with E-state index in [1.165, 1.54) is 23.5 Å². The van der Waals surface area contributed by atoms with Gasteiger partial charge in [0.2, 0.25) is 5.91 Å². The summed E-state index contributed by atoms with van der Waals surface area (Å²) in [6.45, 7) is 0.591. The molecule has 0 fully saturated rings. The average Bonchev–Trinajstić information content (AvgIpc) is 3.11. The van der Waals surface area contributed by atoms with Crippen LogP contribution < -0.4 is 10.1 Å². The van der Waals surface area contributed by atoms with Crippen molar-refractivity contribution in [2.45, 2.75) is 18.9 Å². The first-order valence-electron chi connectivity index (χ1n) is 8.40. The number of amides is 1. The number of benzene rings is 2. The molecule has 4 rings (SSSR count). The van der Waals surface area contributed by atoms with Gasteiger partial charge >= 0.3 is 0 Å². The predicted molar refractivity (Wildman–Crippen MR) is 98.6 cm³/mol. The third kappa shape index (κ3) is 3.60. The van der Waals surface area contributed by atoms with Crippen LogP contribution in [0.1, 0.15) is 23.7 Å². The second kappa shape index (κ2) is 7.25. The summed E-state index contributed by atoms with van der Waals surface area (Å²) in [5.41, 5.74) is 2.57. The highest BCUT2D eigenvalue weighted by atomic mass is 32.1. The summed E-state index contributed by atoms with van der Waals surface area (Å²) >= 11 is 1.45. The lowest BCUT2D eigenvalue weighted by molar-refractivity contribution is -0.121. The van der Waals surface area contributed by atoms with Gasteiger partial charge in [0.05, 0.1) is 24.8 Å². The highest BCUT2D eigenvalue weighted by molar-refractivity contribution is 7.13. The number of ether oxygens (including phenoxy) is 1. The molecule has 0 aliphatic carbocycles. The van der Waals surface area contributed by atoms with E-state index in [1.54, 1.807) is 12.1 Å². The predicted octanol–water partition coefficient (Wildman–Crippen LogP) is 4.13. The van der Waals surface area contributed by atoms with Gasteiger partial charge in [0.15, 0.2) is 0 Å². The fourth-order valence-corrected chi connectivity index (χ4v) is 3.84. The molecule has 132 valence electrons. The van der Waals surface area contributed by atoms with Gasteiger partial charge in [0.25, 0.3) is 0 Å². The SMILES string of the molecule is O=C(Cc1csc(-c2ccc(F)cc2)n1)NC1CCOc2ccccc21. The van der Waals surface area contributed by atoms with Crippen molar-refractivity contribution < 1.29 is 13.9 Å². The maximum atomic E-state index is 13.0. The molecule has 1 aliphatic rings. The van der Waals surface area contributed by atoms with Crippen LogP contribution in [0, 0.1) is 5.82 Å². The van der Waals surface area contributed by atoms with E-state index < -0.39 is 0 Å². The van der Waals surface area contributed by atoms with E-state index in [-0.39, 0.29) is 24.2 Å². The van der Waals surface area contributed by atoms with Crippen LogP contribution in [0.2, 0.25) is 0 Å². The number of carbonyl (C=O) groups is 1. The Balaban J connectivity index is 1.42. The first-order chi connectivity index (χ1) is 12.7. The fourth-order valence-electron chi connectivity index (χ4n) is 3.02. The highest BCUT2D eigenvalue weighted by Crippen LogP contribution is 2.31. The van der Waals surface area contributed by atoms with Crippen LogP contribution in [0.3, 0.4) is 0 Å². The number of fused-ring (bicyclic) bond motifs is 1. The number of hydrogen-bond donors (Lipinski definition) is 1. The minimum absolute atomic E-state index is 0.0392. The van der Waals surface area contributed by atoms with Crippen molar-refractivity contribution >= 4 is 17.2 Å². The number of thiazole rings is 1. The van der Waals surface area contributed by atoms with Crippen LogP contribution in [0.4, 0.5) is 4.39 Å². The third-order valence-electron chi connectivity index (χ3n) is 4.28. The standard InChI is InChI=1S/C20H17FN2O2S/c21-14-7-5-13(6-8-14)20-22-15(12-26-20)11-19(24)23-17-9-10-25-18-4-2-1-3-16(17)18/h1-8,12,17H,9-11H2,(H,23,24). The zero-order valence-electron chi connectivity index (χ0n) is 13.9. The van der Waals surface area contributed by atoms with Gasteiger partial charge in [0, 0.05) is 22.9 Å². The van der Waals surface area contributed by atoms with Crippen LogP contribution in [-0.4, -0.2) is 17.5 Å². The molecule has 3 aromatic rings. The Morgan fingerprint density at radius 1 is 1.23 bits per heavy atom. The van der Waals surface area contributed by atoms with Crippen LogP contribution in [0.25, 0.3) is 10.6 Å².